The molecular formula is C7H9N3O2S. The van der Waals surface area contributed by atoms with Gasteiger partial charge in [-0.05, 0) is 0 Å². The number of hydrogen-bond donors (Lipinski definition) is 2. The number of amides is 2. The summed E-state index contributed by atoms with van der Waals surface area (Å²) in [4.78, 5) is 25.7. The summed E-state index contributed by atoms with van der Waals surface area (Å²) in [6.45, 7) is -0.0210. The molecule has 0 fully saturated rings. The van der Waals surface area contributed by atoms with Gasteiger partial charge in [0.05, 0.1) is 12.1 Å². The second kappa shape index (κ2) is 4.56. The molecule has 0 saturated carbocycles. The summed E-state index contributed by atoms with van der Waals surface area (Å²) in [5, 5.41) is 6.45. The fourth-order valence-corrected chi connectivity index (χ4v) is 1.20. The van der Waals surface area contributed by atoms with E-state index in [2.05, 4.69) is 15.6 Å². The summed E-state index contributed by atoms with van der Waals surface area (Å²) in [5.41, 5.74) is 1.91. The Bertz CT molecular complexity index is 297. The van der Waals surface area contributed by atoms with Crippen LogP contribution in [0.1, 0.15) is 10.5 Å². The maximum Gasteiger partial charge on any atom is 0.271 e. The van der Waals surface area contributed by atoms with E-state index in [1.807, 2.05) is 0 Å². The van der Waals surface area contributed by atoms with Gasteiger partial charge in [-0.3, -0.25) is 9.59 Å². The topological polar surface area (TPSA) is 71.1 Å². The van der Waals surface area contributed by atoms with Gasteiger partial charge in [-0.2, -0.15) is 0 Å². The van der Waals surface area contributed by atoms with Gasteiger partial charge in [-0.25, -0.2) is 4.98 Å². The minimum Gasteiger partial charge on any atom is -0.358 e. The summed E-state index contributed by atoms with van der Waals surface area (Å²) in [5.74, 6) is -0.562. The summed E-state index contributed by atoms with van der Waals surface area (Å²) < 4.78 is 0. The highest BCUT2D eigenvalue weighted by atomic mass is 32.1. The molecule has 0 bridgehead atoms. The molecule has 0 atom stereocenters. The van der Waals surface area contributed by atoms with E-state index in [1.54, 1.807) is 10.9 Å². The second-order valence-corrected chi connectivity index (χ2v) is 2.95. The van der Waals surface area contributed by atoms with Crippen molar-refractivity contribution in [3.8, 4) is 0 Å². The number of nitrogens with one attached hydrogen (secondary N) is 2. The van der Waals surface area contributed by atoms with Crippen LogP contribution in [0.3, 0.4) is 0 Å². The quantitative estimate of drug-likeness (QED) is 0.697. The molecule has 0 saturated heterocycles. The fraction of sp³-hybridized carbons (Fsp3) is 0.286. The third-order valence-electron chi connectivity index (χ3n) is 1.35. The van der Waals surface area contributed by atoms with Gasteiger partial charge in [0, 0.05) is 12.4 Å². The van der Waals surface area contributed by atoms with Crippen molar-refractivity contribution in [1.29, 1.82) is 0 Å². The molecule has 0 spiro atoms. The number of likely N-dealkylation sites (N-methyl/N-ethyl adjacent to an activating group) is 1. The maximum atomic E-state index is 11.2. The first-order valence-corrected chi connectivity index (χ1v) is 4.55. The lowest BCUT2D eigenvalue weighted by Gasteiger charge is -2.00. The number of carbonyl (C=O) groups is 2. The molecule has 2 amide bonds. The van der Waals surface area contributed by atoms with Crippen molar-refractivity contribution in [3.63, 3.8) is 0 Å². The Morgan fingerprint density at radius 2 is 2.38 bits per heavy atom. The number of thiazole rings is 1. The molecule has 1 rings (SSSR count). The van der Waals surface area contributed by atoms with Gasteiger partial charge in [0.1, 0.15) is 5.69 Å². The van der Waals surface area contributed by atoms with Crippen LogP contribution in [0.4, 0.5) is 0 Å². The first-order chi connectivity index (χ1) is 6.24. The Hall–Kier alpha value is -1.43. The molecule has 70 valence electrons. The Balaban J connectivity index is 2.39. The summed E-state index contributed by atoms with van der Waals surface area (Å²) >= 11 is 1.34. The second-order valence-electron chi connectivity index (χ2n) is 2.23. The van der Waals surface area contributed by atoms with Crippen molar-refractivity contribution >= 4 is 23.2 Å². The third kappa shape index (κ3) is 2.83. The van der Waals surface area contributed by atoms with E-state index in [0.29, 0.717) is 5.69 Å². The third-order valence-corrected chi connectivity index (χ3v) is 1.94. The minimum atomic E-state index is -0.329. The number of rotatable bonds is 3. The van der Waals surface area contributed by atoms with Crippen molar-refractivity contribution in [2.45, 2.75) is 0 Å². The molecule has 1 aromatic heterocycles. The van der Waals surface area contributed by atoms with Crippen LogP contribution in [0.25, 0.3) is 0 Å². The van der Waals surface area contributed by atoms with Crippen molar-refractivity contribution < 1.29 is 9.59 Å². The van der Waals surface area contributed by atoms with Crippen LogP contribution >= 0.6 is 11.3 Å². The van der Waals surface area contributed by atoms with E-state index in [4.69, 9.17) is 0 Å². The molecule has 6 heteroatoms. The summed E-state index contributed by atoms with van der Waals surface area (Å²) in [7, 11) is 1.51. The maximum absolute atomic E-state index is 11.2. The van der Waals surface area contributed by atoms with Gasteiger partial charge in [-0.15, -0.1) is 11.3 Å². The Labute approximate surface area is 79.2 Å². The normalized spacial score (nSPS) is 9.31. The van der Waals surface area contributed by atoms with Gasteiger partial charge in [0.2, 0.25) is 5.91 Å². The first-order valence-electron chi connectivity index (χ1n) is 3.61. The van der Waals surface area contributed by atoms with E-state index in [0.717, 1.165) is 0 Å². The lowest BCUT2D eigenvalue weighted by atomic mass is 10.4. The molecule has 0 aliphatic heterocycles. The van der Waals surface area contributed by atoms with Crippen LogP contribution in [0.5, 0.6) is 0 Å². The van der Waals surface area contributed by atoms with Gasteiger partial charge >= 0.3 is 0 Å². The van der Waals surface area contributed by atoms with Crippen LogP contribution in [0.15, 0.2) is 10.9 Å². The van der Waals surface area contributed by atoms with Crippen LogP contribution in [0, 0.1) is 0 Å². The molecule has 2 N–H and O–H groups in total. The van der Waals surface area contributed by atoms with Crippen LogP contribution in [-0.2, 0) is 4.79 Å². The predicted octanol–water partition coefficient (Wildman–Crippen LogP) is -0.381. The first kappa shape index (κ1) is 9.66. The summed E-state index contributed by atoms with van der Waals surface area (Å²) in [6, 6.07) is 0. The SMILES string of the molecule is CNC(=O)CNC(=O)c1cscn1. The highest BCUT2D eigenvalue weighted by molar-refractivity contribution is 7.07. The fourth-order valence-electron chi connectivity index (χ4n) is 0.664. The number of nitrogens with zero attached hydrogens (tertiary/aromatic N) is 1. The molecule has 0 aliphatic carbocycles. The van der Waals surface area contributed by atoms with E-state index in [1.165, 1.54) is 18.4 Å². The zero-order valence-corrected chi connectivity index (χ0v) is 7.85. The molecule has 0 unspecified atom stereocenters. The highest BCUT2D eigenvalue weighted by Gasteiger charge is 2.07. The molecule has 1 aromatic rings. The number of carbonyl (C=O) groups excluding carboxylic acids is 2. The number of hydrogen-bond acceptors (Lipinski definition) is 4. The lowest BCUT2D eigenvalue weighted by molar-refractivity contribution is -0.119. The Morgan fingerprint density at radius 3 is 2.92 bits per heavy atom. The van der Waals surface area contributed by atoms with E-state index >= 15 is 0 Å². The molecular weight excluding hydrogens is 190 g/mol. The zero-order valence-electron chi connectivity index (χ0n) is 7.03. The monoisotopic (exact) mass is 199 g/mol. The average Bonchev–Trinajstić information content (AvgIpc) is 2.66. The number of aromatic nitrogens is 1. The summed E-state index contributed by atoms with van der Waals surface area (Å²) in [6.07, 6.45) is 0. The minimum absolute atomic E-state index is 0.0210. The van der Waals surface area contributed by atoms with Crippen LogP contribution < -0.4 is 10.6 Å². The van der Waals surface area contributed by atoms with Gasteiger partial charge in [-0.1, -0.05) is 0 Å². The van der Waals surface area contributed by atoms with Gasteiger partial charge in [0.15, 0.2) is 0 Å². The predicted molar refractivity (Wildman–Crippen MR) is 48.5 cm³/mol. The Kier molecular flexibility index (Phi) is 3.39. The molecule has 5 nitrogen and oxygen atoms in total. The van der Waals surface area contributed by atoms with Crippen molar-refractivity contribution in [2.24, 2.45) is 0 Å². The molecule has 0 radical (unpaired) electrons. The zero-order chi connectivity index (χ0) is 9.68. The molecule has 0 aromatic carbocycles. The lowest BCUT2D eigenvalue weighted by Crippen LogP contribution is -2.35. The molecule has 0 aliphatic rings. The van der Waals surface area contributed by atoms with Crippen molar-refractivity contribution in [3.05, 3.63) is 16.6 Å². The largest absolute Gasteiger partial charge is 0.358 e. The average molecular weight is 199 g/mol. The Morgan fingerprint density at radius 1 is 1.62 bits per heavy atom. The van der Waals surface area contributed by atoms with E-state index in [-0.39, 0.29) is 18.4 Å². The molecule has 13 heavy (non-hydrogen) atoms. The van der Waals surface area contributed by atoms with Crippen molar-refractivity contribution in [2.75, 3.05) is 13.6 Å². The van der Waals surface area contributed by atoms with Gasteiger partial charge in [0.25, 0.3) is 5.91 Å². The molecule has 1 heterocycles. The standard InChI is InChI=1S/C7H9N3O2S/c1-8-6(11)2-9-7(12)5-3-13-4-10-5/h3-4H,2H2,1H3,(H,8,11)(H,9,12). The van der Waals surface area contributed by atoms with Crippen LogP contribution in [-0.4, -0.2) is 30.4 Å². The van der Waals surface area contributed by atoms with Crippen molar-refractivity contribution in [1.82, 2.24) is 15.6 Å². The van der Waals surface area contributed by atoms with E-state index < -0.39 is 0 Å². The van der Waals surface area contributed by atoms with Gasteiger partial charge < -0.3 is 10.6 Å². The van der Waals surface area contributed by atoms with Crippen LogP contribution in [0.2, 0.25) is 0 Å². The smallest absolute Gasteiger partial charge is 0.271 e. The highest BCUT2D eigenvalue weighted by Crippen LogP contribution is 1.99. The van der Waals surface area contributed by atoms with E-state index in [9.17, 15) is 9.59 Å².